The largest absolute Gasteiger partial charge is 0.300 e. The van der Waals surface area contributed by atoms with E-state index in [2.05, 4.69) is 43.1 Å². The minimum Gasteiger partial charge on any atom is -0.300 e. The molecule has 0 N–H and O–H groups in total. The molecular formula is C11H17N. The van der Waals surface area contributed by atoms with E-state index in [0.29, 0.717) is 6.04 Å². The van der Waals surface area contributed by atoms with E-state index in [1.807, 2.05) is 0 Å². The van der Waals surface area contributed by atoms with Crippen molar-refractivity contribution in [1.29, 1.82) is 0 Å². The number of rotatable bonds is 1. The minimum atomic E-state index is 0.706. The summed E-state index contributed by atoms with van der Waals surface area (Å²) < 4.78 is 0. The topological polar surface area (TPSA) is 3.24 Å². The van der Waals surface area contributed by atoms with Crippen LogP contribution in [0.2, 0.25) is 0 Å². The maximum absolute atomic E-state index is 2.56. The molecule has 1 saturated heterocycles. The standard InChI is InChI=1S/C11H17N/c1-9(2)12-7-10-5-3-4-6-11(10)8-12/h3-6,9-11H,7-8H2,1-2H3. The number of allylic oxidation sites excluding steroid dienone is 2. The Morgan fingerprint density at radius 3 is 2.00 bits per heavy atom. The van der Waals surface area contributed by atoms with Crippen LogP contribution in [0.1, 0.15) is 13.8 Å². The Morgan fingerprint density at radius 2 is 1.58 bits per heavy atom. The molecule has 0 aromatic carbocycles. The van der Waals surface area contributed by atoms with Crippen molar-refractivity contribution in [3.05, 3.63) is 24.3 Å². The van der Waals surface area contributed by atoms with Gasteiger partial charge in [-0.1, -0.05) is 24.3 Å². The van der Waals surface area contributed by atoms with Gasteiger partial charge >= 0.3 is 0 Å². The van der Waals surface area contributed by atoms with Gasteiger partial charge in [-0.15, -0.1) is 0 Å². The smallest absolute Gasteiger partial charge is 0.00535 e. The monoisotopic (exact) mass is 163 g/mol. The van der Waals surface area contributed by atoms with Crippen LogP contribution in [0.25, 0.3) is 0 Å². The third-order valence-electron chi connectivity index (χ3n) is 3.00. The van der Waals surface area contributed by atoms with E-state index in [1.165, 1.54) is 13.1 Å². The number of likely N-dealkylation sites (tertiary alicyclic amines) is 1. The summed E-state index contributed by atoms with van der Waals surface area (Å²) in [5, 5.41) is 0. The first kappa shape index (κ1) is 8.06. The van der Waals surface area contributed by atoms with Crippen LogP contribution in [0.15, 0.2) is 24.3 Å². The molecule has 66 valence electrons. The normalized spacial score (nSPS) is 34.6. The molecule has 1 fully saturated rings. The first-order valence-corrected chi connectivity index (χ1v) is 4.86. The van der Waals surface area contributed by atoms with Crippen LogP contribution in [0, 0.1) is 11.8 Å². The fourth-order valence-electron chi connectivity index (χ4n) is 2.13. The minimum absolute atomic E-state index is 0.706. The van der Waals surface area contributed by atoms with Gasteiger partial charge < -0.3 is 0 Å². The van der Waals surface area contributed by atoms with Gasteiger partial charge in [0.15, 0.2) is 0 Å². The summed E-state index contributed by atoms with van der Waals surface area (Å²) in [6.07, 6.45) is 9.08. The lowest BCUT2D eigenvalue weighted by Gasteiger charge is -2.19. The van der Waals surface area contributed by atoms with E-state index in [1.54, 1.807) is 0 Å². The van der Waals surface area contributed by atoms with Crippen molar-refractivity contribution >= 4 is 0 Å². The first-order chi connectivity index (χ1) is 5.77. The van der Waals surface area contributed by atoms with E-state index in [4.69, 9.17) is 0 Å². The lowest BCUT2D eigenvalue weighted by atomic mass is 9.92. The summed E-state index contributed by atoms with van der Waals surface area (Å²) in [7, 11) is 0. The van der Waals surface area contributed by atoms with Gasteiger partial charge in [0.25, 0.3) is 0 Å². The third-order valence-corrected chi connectivity index (χ3v) is 3.00. The molecule has 1 heterocycles. The molecule has 2 unspecified atom stereocenters. The Labute approximate surface area is 74.8 Å². The van der Waals surface area contributed by atoms with Crippen molar-refractivity contribution in [3.63, 3.8) is 0 Å². The lowest BCUT2D eigenvalue weighted by Crippen LogP contribution is -2.28. The zero-order valence-electron chi connectivity index (χ0n) is 7.90. The van der Waals surface area contributed by atoms with Crippen molar-refractivity contribution in [2.45, 2.75) is 19.9 Å². The van der Waals surface area contributed by atoms with Gasteiger partial charge in [-0.3, -0.25) is 4.90 Å². The second-order valence-electron chi connectivity index (χ2n) is 4.15. The Bertz CT molecular complexity index is 195. The van der Waals surface area contributed by atoms with Crippen molar-refractivity contribution in [2.24, 2.45) is 11.8 Å². The predicted octanol–water partition coefficient (Wildman–Crippen LogP) is 2.07. The molecule has 0 bridgehead atoms. The predicted molar refractivity (Wildman–Crippen MR) is 52.0 cm³/mol. The molecule has 2 aliphatic rings. The average molecular weight is 163 g/mol. The maximum atomic E-state index is 2.56. The highest BCUT2D eigenvalue weighted by Crippen LogP contribution is 2.29. The maximum Gasteiger partial charge on any atom is 0.00535 e. The number of fused-ring (bicyclic) bond motifs is 1. The molecule has 2 rings (SSSR count). The summed E-state index contributed by atoms with van der Waals surface area (Å²) in [6.45, 7) is 7.07. The van der Waals surface area contributed by atoms with Crippen LogP contribution in [-0.2, 0) is 0 Å². The van der Waals surface area contributed by atoms with Gasteiger partial charge in [0.05, 0.1) is 0 Å². The molecule has 12 heavy (non-hydrogen) atoms. The van der Waals surface area contributed by atoms with Gasteiger partial charge in [-0.2, -0.15) is 0 Å². The van der Waals surface area contributed by atoms with Crippen molar-refractivity contribution < 1.29 is 0 Å². The van der Waals surface area contributed by atoms with Gasteiger partial charge in [0.1, 0.15) is 0 Å². The number of nitrogens with zero attached hydrogens (tertiary/aromatic N) is 1. The van der Waals surface area contributed by atoms with Crippen LogP contribution in [0.3, 0.4) is 0 Å². The Balaban J connectivity index is 2.05. The summed E-state index contributed by atoms with van der Waals surface area (Å²) in [5.41, 5.74) is 0. The summed E-state index contributed by atoms with van der Waals surface area (Å²) in [6, 6.07) is 0.706. The zero-order valence-corrected chi connectivity index (χ0v) is 7.90. The summed E-state index contributed by atoms with van der Waals surface area (Å²) in [4.78, 5) is 2.56. The van der Waals surface area contributed by atoms with Gasteiger partial charge in [0.2, 0.25) is 0 Å². The summed E-state index contributed by atoms with van der Waals surface area (Å²) in [5.74, 6) is 1.58. The molecule has 2 atom stereocenters. The zero-order chi connectivity index (χ0) is 8.55. The van der Waals surface area contributed by atoms with E-state index < -0.39 is 0 Å². The highest BCUT2D eigenvalue weighted by Gasteiger charge is 2.30. The molecule has 0 aromatic rings. The molecule has 0 spiro atoms. The number of hydrogen-bond acceptors (Lipinski definition) is 1. The van der Waals surface area contributed by atoms with Crippen molar-refractivity contribution in [3.8, 4) is 0 Å². The third kappa shape index (κ3) is 1.34. The van der Waals surface area contributed by atoms with Crippen LogP contribution in [0.5, 0.6) is 0 Å². The lowest BCUT2D eigenvalue weighted by molar-refractivity contribution is 0.267. The Kier molecular flexibility index (Phi) is 2.05. The quantitative estimate of drug-likeness (QED) is 0.572. The second kappa shape index (κ2) is 3.06. The highest BCUT2D eigenvalue weighted by molar-refractivity contribution is 5.17. The number of hydrogen-bond donors (Lipinski definition) is 0. The fraction of sp³-hybridized carbons (Fsp3) is 0.636. The molecular weight excluding hydrogens is 146 g/mol. The molecule has 1 nitrogen and oxygen atoms in total. The molecule has 1 heteroatoms. The fourth-order valence-corrected chi connectivity index (χ4v) is 2.13. The Morgan fingerprint density at radius 1 is 1.08 bits per heavy atom. The van der Waals surface area contributed by atoms with E-state index in [-0.39, 0.29) is 0 Å². The SMILES string of the molecule is CC(C)N1CC2C=CC=CC2C1. The van der Waals surface area contributed by atoms with E-state index >= 15 is 0 Å². The second-order valence-corrected chi connectivity index (χ2v) is 4.15. The van der Waals surface area contributed by atoms with Crippen molar-refractivity contribution in [1.82, 2.24) is 4.90 Å². The highest BCUT2D eigenvalue weighted by atomic mass is 15.2. The first-order valence-electron chi connectivity index (χ1n) is 4.86. The summed E-state index contributed by atoms with van der Waals surface area (Å²) >= 11 is 0. The van der Waals surface area contributed by atoms with E-state index in [9.17, 15) is 0 Å². The Hall–Kier alpha value is -0.560. The van der Waals surface area contributed by atoms with Crippen molar-refractivity contribution in [2.75, 3.05) is 13.1 Å². The molecule has 0 amide bonds. The van der Waals surface area contributed by atoms with Crippen LogP contribution >= 0.6 is 0 Å². The molecule has 0 saturated carbocycles. The molecule has 1 aliphatic carbocycles. The van der Waals surface area contributed by atoms with Gasteiger partial charge in [-0.05, 0) is 25.7 Å². The average Bonchev–Trinajstić information content (AvgIpc) is 2.46. The van der Waals surface area contributed by atoms with Crippen LogP contribution in [-0.4, -0.2) is 24.0 Å². The molecule has 0 aromatic heterocycles. The van der Waals surface area contributed by atoms with Gasteiger partial charge in [-0.25, -0.2) is 0 Å². The van der Waals surface area contributed by atoms with Gasteiger partial charge in [0, 0.05) is 19.1 Å². The molecule has 0 radical (unpaired) electrons. The molecule has 1 aliphatic heterocycles. The van der Waals surface area contributed by atoms with Crippen LogP contribution in [0.4, 0.5) is 0 Å². The van der Waals surface area contributed by atoms with Crippen LogP contribution < -0.4 is 0 Å². The van der Waals surface area contributed by atoms with E-state index in [0.717, 1.165) is 11.8 Å².